The minimum atomic E-state index is -3.40. The van der Waals surface area contributed by atoms with E-state index >= 15 is 0 Å². The fourth-order valence-corrected chi connectivity index (χ4v) is 5.44. The van der Waals surface area contributed by atoms with Crippen molar-refractivity contribution in [3.05, 3.63) is 53.1 Å². The largest absolute Gasteiger partial charge is 0.492 e. The number of hydrogen-bond acceptors (Lipinski definition) is 6. The Morgan fingerprint density at radius 1 is 1.28 bits per heavy atom. The molecular formula is C19H18ClN3O4S2. The minimum absolute atomic E-state index is 0.00641. The van der Waals surface area contributed by atoms with Gasteiger partial charge in [-0.1, -0.05) is 11.6 Å². The van der Waals surface area contributed by atoms with E-state index in [1.165, 1.54) is 11.8 Å². The molecule has 2 aromatic carbocycles. The first-order valence-electron chi connectivity index (χ1n) is 8.88. The average Bonchev–Trinajstić information content (AvgIpc) is 3.04. The van der Waals surface area contributed by atoms with Crippen molar-refractivity contribution in [1.29, 1.82) is 0 Å². The van der Waals surface area contributed by atoms with Crippen molar-refractivity contribution in [2.24, 2.45) is 4.40 Å². The zero-order chi connectivity index (χ0) is 20.6. The van der Waals surface area contributed by atoms with Gasteiger partial charge in [-0.3, -0.25) is 4.79 Å². The van der Waals surface area contributed by atoms with Gasteiger partial charge in [0, 0.05) is 29.1 Å². The van der Waals surface area contributed by atoms with E-state index in [4.69, 9.17) is 16.3 Å². The van der Waals surface area contributed by atoms with Crippen LogP contribution >= 0.6 is 23.4 Å². The molecule has 0 spiro atoms. The smallest absolute Gasteiger partial charge is 0.257 e. The Labute approximate surface area is 178 Å². The minimum Gasteiger partial charge on any atom is -0.492 e. The predicted molar refractivity (Wildman–Crippen MR) is 115 cm³/mol. The standard InChI is InChI=1S/C19H18ClN3O4S2/c1-22(8-10-27-15-5-3-14(20)4-6-15)18(24)13-2-7-16-17(12-13)28-19-21-29(25,26)11-9-23(16)19/h2-7,12H,8-11H2,1H3. The average molecular weight is 452 g/mol. The number of sulfonamides is 1. The molecule has 29 heavy (non-hydrogen) atoms. The van der Waals surface area contributed by atoms with E-state index in [0.29, 0.717) is 41.2 Å². The number of ether oxygens (including phenoxy) is 1. The number of rotatable bonds is 5. The lowest BCUT2D eigenvalue weighted by Crippen LogP contribution is -2.35. The van der Waals surface area contributed by atoms with Crippen LogP contribution < -0.4 is 9.64 Å². The number of amides is 1. The van der Waals surface area contributed by atoms with Crippen LogP contribution in [-0.2, 0) is 10.0 Å². The van der Waals surface area contributed by atoms with Gasteiger partial charge in [0.25, 0.3) is 15.9 Å². The monoisotopic (exact) mass is 451 g/mol. The first kappa shape index (κ1) is 20.1. The molecule has 10 heteroatoms. The maximum atomic E-state index is 12.8. The fourth-order valence-electron chi connectivity index (χ4n) is 3.02. The van der Waals surface area contributed by atoms with Crippen molar-refractivity contribution in [3.63, 3.8) is 0 Å². The normalized spacial score (nSPS) is 16.6. The van der Waals surface area contributed by atoms with Gasteiger partial charge >= 0.3 is 0 Å². The Kier molecular flexibility index (Phi) is 5.46. The van der Waals surface area contributed by atoms with Gasteiger partial charge < -0.3 is 14.5 Å². The molecule has 152 valence electrons. The molecule has 2 aliphatic rings. The highest BCUT2D eigenvalue weighted by Crippen LogP contribution is 2.42. The van der Waals surface area contributed by atoms with Gasteiger partial charge in [-0.25, -0.2) is 8.42 Å². The van der Waals surface area contributed by atoms with E-state index in [2.05, 4.69) is 4.40 Å². The molecule has 0 bridgehead atoms. The highest BCUT2D eigenvalue weighted by molar-refractivity contribution is 8.15. The molecule has 0 aliphatic carbocycles. The summed E-state index contributed by atoms with van der Waals surface area (Å²) in [7, 11) is -1.69. The number of carbonyl (C=O) groups is 1. The Morgan fingerprint density at radius 2 is 2.03 bits per heavy atom. The Bertz CT molecular complexity index is 1090. The molecule has 0 unspecified atom stereocenters. The first-order valence-corrected chi connectivity index (χ1v) is 11.7. The van der Waals surface area contributed by atoms with Crippen LogP contribution in [-0.4, -0.2) is 56.9 Å². The molecule has 0 aromatic heterocycles. The molecular weight excluding hydrogens is 434 g/mol. The van der Waals surface area contributed by atoms with E-state index in [1.54, 1.807) is 48.3 Å². The van der Waals surface area contributed by atoms with Crippen LogP contribution in [0.25, 0.3) is 0 Å². The maximum absolute atomic E-state index is 12.8. The van der Waals surface area contributed by atoms with E-state index in [0.717, 1.165) is 10.6 Å². The number of nitrogens with zero attached hydrogens (tertiary/aromatic N) is 3. The lowest BCUT2D eigenvalue weighted by molar-refractivity contribution is 0.0773. The van der Waals surface area contributed by atoms with Crippen molar-refractivity contribution in [1.82, 2.24) is 4.90 Å². The number of anilines is 1. The predicted octanol–water partition coefficient (Wildman–Crippen LogP) is 3.10. The lowest BCUT2D eigenvalue weighted by Gasteiger charge is -2.22. The molecule has 0 atom stereocenters. The van der Waals surface area contributed by atoms with Crippen LogP contribution in [0.5, 0.6) is 5.75 Å². The fraction of sp³-hybridized carbons (Fsp3) is 0.263. The molecule has 2 heterocycles. The summed E-state index contributed by atoms with van der Waals surface area (Å²) in [5.74, 6) is 0.553. The number of benzene rings is 2. The molecule has 0 saturated heterocycles. The van der Waals surface area contributed by atoms with Crippen molar-refractivity contribution in [2.45, 2.75) is 4.90 Å². The second-order valence-electron chi connectivity index (χ2n) is 6.63. The summed E-state index contributed by atoms with van der Waals surface area (Å²) in [5.41, 5.74) is 1.42. The highest BCUT2D eigenvalue weighted by Gasteiger charge is 2.33. The second kappa shape index (κ2) is 7.89. The van der Waals surface area contributed by atoms with Gasteiger partial charge in [0.1, 0.15) is 12.4 Å². The zero-order valence-electron chi connectivity index (χ0n) is 15.5. The van der Waals surface area contributed by atoms with E-state index < -0.39 is 10.0 Å². The summed E-state index contributed by atoms with van der Waals surface area (Å²) in [5, 5.41) is 1.08. The summed E-state index contributed by atoms with van der Waals surface area (Å²) in [6.07, 6.45) is 0. The van der Waals surface area contributed by atoms with E-state index in [-0.39, 0.29) is 11.7 Å². The summed E-state index contributed by atoms with van der Waals surface area (Å²) in [6.45, 7) is 1.14. The molecule has 4 rings (SSSR count). The summed E-state index contributed by atoms with van der Waals surface area (Å²) < 4.78 is 32.9. The highest BCUT2D eigenvalue weighted by atomic mass is 35.5. The van der Waals surface area contributed by atoms with Gasteiger partial charge in [0.2, 0.25) is 0 Å². The Morgan fingerprint density at radius 3 is 2.79 bits per heavy atom. The zero-order valence-corrected chi connectivity index (χ0v) is 17.9. The van der Waals surface area contributed by atoms with Crippen molar-refractivity contribution >= 4 is 50.1 Å². The van der Waals surface area contributed by atoms with Gasteiger partial charge in [-0.15, -0.1) is 4.40 Å². The van der Waals surface area contributed by atoms with Crippen LogP contribution in [0, 0.1) is 0 Å². The van der Waals surface area contributed by atoms with Crippen LogP contribution in [0.15, 0.2) is 51.8 Å². The molecule has 0 saturated carbocycles. The third-order valence-corrected chi connectivity index (χ3v) is 7.13. The van der Waals surface area contributed by atoms with Gasteiger partial charge in [0.05, 0.1) is 18.0 Å². The third-order valence-electron chi connectivity index (χ3n) is 4.58. The summed E-state index contributed by atoms with van der Waals surface area (Å²) >= 11 is 7.12. The maximum Gasteiger partial charge on any atom is 0.257 e. The van der Waals surface area contributed by atoms with Gasteiger partial charge in [-0.2, -0.15) is 0 Å². The molecule has 0 radical (unpaired) electrons. The number of hydrogen-bond donors (Lipinski definition) is 0. The molecule has 0 N–H and O–H groups in total. The number of amidine groups is 1. The second-order valence-corrected chi connectivity index (χ2v) is 9.83. The number of thioether (sulfide) groups is 1. The molecule has 2 aliphatic heterocycles. The first-order chi connectivity index (χ1) is 13.8. The third kappa shape index (κ3) is 4.36. The lowest BCUT2D eigenvalue weighted by atomic mass is 10.1. The van der Waals surface area contributed by atoms with Gasteiger partial charge in [0.15, 0.2) is 5.17 Å². The molecule has 2 aromatic rings. The van der Waals surface area contributed by atoms with Crippen LogP contribution in [0.1, 0.15) is 10.4 Å². The van der Waals surface area contributed by atoms with E-state index in [1.807, 2.05) is 11.0 Å². The Hall–Kier alpha value is -2.23. The quantitative estimate of drug-likeness (QED) is 0.695. The SMILES string of the molecule is CN(CCOc1ccc(Cl)cc1)C(=O)c1ccc2c(c1)SC1=NS(=O)(=O)CCN12. The van der Waals surface area contributed by atoms with Crippen LogP contribution in [0.3, 0.4) is 0 Å². The molecule has 1 amide bonds. The number of likely N-dealkylation sites (N-methyl/N-ethyl adjacent to an activating group) is 1. The van der Waals surface area contributed by atoms with Crippen molar-refractivity contribution in [2.75, 3.05) is 37.4 Å². The van der Waals surface area contributed by atoms with Crippen LogP contribution in [0.2, 0.25) is 5.02 Å². The topological polar surface area (TPSA) is 79.3 Å². The molecule has 0 fully saturated rings. The van der Waals surface area contributed by atoms with Crippen molar-refractivity contribution in [3.8, 4) is 5.75 Å². The Balaban J connectivity index is 1.40. The number of halogens is 1. The number of carbonyl (C=O) groups excluding carboxylic acids is 1. The van der Waals surface area contributed by atoms with E-state index in [9.17, 15) is 13.2 Å². The molecule has 7 nitrogen and oxygen atoms in total. The van der Waals surface area contributed by atoms with Crippen molar-refractivity contribution < 1.29 is 17.9 Å². The van der Waals surface area contributed by atoms with Gasteiger partial charge in [-0.05, 0) is 54.2 Å². The van der Waals surface area contributed by atoms with Crippen LogP contribution in [0.4, 0.5) is 5.69 Å². The summed E-state index contributed by atoms with van der Waals surface area (Å²) in [6, 6.07) is 12.4. The number of fused-ring (bicyclic) bond motifs is 3. The summed E-state index contributed by atoms with van der Waals surface area (Å²) in [4.78, 5) is 17.0.